The van der Waals surface area contributed by atoms with Gasteiger partial charge in [0.15, 0.2) is 0 Å². The molecule has 1 aromatic carbocycles. The van der Waals surface area contributed by atoms with Crippen LogP contribution >= 0.6 is 15.9 Å². The first-order valence-electron chi connectivity index (χ1n) is 6.03. The van der Waals surface area contributed by atoms with E-state index in [1.165, 1.54) is 0 Å². The van der Waals surface area contributed by atoms with Gasteiger partial charge in [-0.25, -0.2) is 0 Å². The van der Waals surface area contributed by atoms with E-state index >= 15 is 0 Å². The molecule has 0 fully saturated rings. The maximum atomic E-state index is 12.1. The van der Waals surface area contributed by atoms with Gasteiger partial charge in [0.05, 0.1) is 24.4 Å². The van der Waals surface area contributed by atoms with Crippen LogP contribution in [0.1, 0.15) is 12.8 Å². The summed E-state index contributed by atoms with van der Waals surface area (Å²) in [6.07, 6.45) is 5.66. The predicted molar refractivity (Wildman–Crippen MR) is 77.7 cm³/mol. The first-order chi connectivity index (χ1) is 9.15. The standard InChI is InChI=1S/C14H16BrNO3/c1-18-12-8-13(19-2)11(7-10(12)15)16-14(17)9-5-3-4-6-9/h3-4,7-9H,5-6H2,1-2H3,(H,16,17). The summed E-state index contributed by atoms with van der Waals surface area (Å²) in [5, 5.41) is 2.91. The molecule has 0 aliphatic heterocycles. The number of methoxy groups -OCH3 is 2. The van der Waals surface area contributed by atoms with Crippen molar-refractivity contribution in [2.45, 2.75) is 12.8 Å². The average Bonchev–Trinajstić information content (AvgIpc) is 2.93. The van der Waals surface area contributed by atoms with Gasteiger partial charge in [-0.2, -0.15) is 0 Å². The zero-order valence-electron chi connectivity index (χ0n) is 10.9. The van der Waals surface area contributed by atoms with E-state index in [-0.39, 0.29) is 11.8 Å². The number of allylic oxidation sites excluding steroid dienone is 2. The Kier molecular flexibility index (Phi) is 4.47. The molecule has 0 aromatic heterocycles. The van der Waals surface area contributed by atoms with Gasteiger partial charge in [0.1, 0.15) is 11.5 Å². The van der Waals surface area contributed by atoms with Crippen LogP contribution in [0.15, 0.2) is 28.8 Å². The number of hydrogen-bond acceptors (Lipinski definition) is 3. The third-order valence-corrected chi connectivity index (χ3v) is 3.73. The molecular formula is C14H16BrNO3. The molecule has 1 aliphatic rings. The Balaban J connectivity index is 2.19. The Morgan fingerprint density at radius 2 is 1.84 bits per heavy atom. The molecule has 1 aliphatic carbocycles. The summed E-state index contributed by atoms with van der Waals surface area (Å²) in [4.78, 5) is 12.1. The lowest BCUT2D eigenvalue weighted by atomic mass is 10.1. The van der Waals surface area contributed by atoms with Gasteiger partial charge in [0.25, 0.3) is 0 Å². The fourth-order valence-electron chi connectivity index (χ4n) is 2.02. The summed E-state index contributed by atoms with van der Waals surface area (Å²) in [7, 11) is 3.15. The number of carbonyl (C=O) groups excluding carboxylic acids is 1. The van der Waals surface area contributed by atoms with Crippen LogP contribution in [0.3, 0.4) is 0 Å². The number of amides is 1. The minimum atomic E-state index is 0.0142. The molecule has 0 bridgehead atoms. The summed E-state index contributed by atoms with van der Waals surface area (Å²) >= 11 is 3.40. The molecule has 0 atom stereocenters. The number of carbonyl (C=O) groups is 1. The van der Waals surface area contributed by atoms with Crippen LogP contribution in [0, 0.1) is 5.92 Å². The molecule has 1 amide bonds. The largest absolute Gasteiger partial charge is 0.495 e. The molecule has 19 heavy (non-hydrogen) atoms. The van der Waals surface area contributed by atoms with E-state index in [1.54, 1.807) is 26.4 Å². The quantitative estimate of drug-likeness (QED) is 0.863. The van der Waals surface area contributed by atoms with Gasteiger partial charge in [-0.1, -0.05) is 12.2 Å². The highest BCUT2D eigenvalue weighted by atomic mass is 79.9. The summed E-state index contributed by atoms with van der Waals surface area (Å²) in [6.45, 7) is 0. The van der Waals surface area contributed by atoms with Crippen LogP contribution < -0.4 is 14.8 Å². The fraction of sp³-hybridized carbons (Fsp3) is 0.357. The maximum Gasteiger partial charge on any atom is 0.228 e. The van der Waals surface area contributed by atoms with Crippen molar-refractivity contribution in [3.8, 4) is 11.5 Å². The molecule has 0 saturated heterocycles. The number of benzene rings is 1. The third-order valence-electron chi connectivity index (χ3n) is 3.11. The second kappa shape index (κ2) is 6.10. The van der Waals surface area contributed by atoms with Gasteiger partial charge in [-0.15, -0.1) is 0 Å². The lowest BCUT2D eigenvalue weighted by Crippen LogP contribution is -2.20. The lowest BCUT2D eigenvalue weighted by molar-refractivity contribution is -0.119. The van der Waals surface area contributed by atoms with E-state index in [4.69, 9.17) is 9.47 Å². The Morgan fingerprint density at radius 3 is 2.42 bits per heavy atom. The SMILES string of the molecule is COc1cc(OC)c(NC(=O)C2CC=CC2)cc1Br. The molecule has 4 nitrogen and oxygen atoms in total. The second-order valence-corrected chi connectivity index (χ2v) is 5.17. The topological polar surface area (TPSA) is 47.6 Å². The van der Waals surface area contributed by atoms with Crippen LogP contribution in [-0.2, 0) is 4.79 Å². The first-order valence-corrected chi connectivity index (χ1v) is 6.82. The van der Waals surface area contributed by atoms with E-state index in [0.717, 1.165) is 17.3 Å². The van der Waals surface area contributed by atoms with E-state index in [9.17, 15) is 4.79 Å². The van der Waals surface area contributed by atoms with E-state index < -0.39 is 0 Å². The molecule has 1 aromatic rings. The summed E-state index contributed by atoms with van der Waals surface area (Å²) in [5.41, 5.74) is 0.645. The smallest absolute Gasteiger partial charge is 0.228 e. The monoisotopic (exact) mass is 325 g/mol. The van der Waals surface area contributed by atoms with Crippen LogP contribution in [0.2, 0.25) is 0 Å². The average molecular weight is 326 g/mol. The minimum absolute atomic E-state index is 0.0142. The number of hydrogen-bond donors (Lipinski definition) is 1. The highest BCUT2D eigenvalue weighted by molar-refractivity contribution is 9.10. The highest BCUT2D eigenvalue weighted by Gasteiger charge is 2.21. The van der Waals surface area contributed by atoms with Crippen molar-refractivity contribution in [1.82, 2.24) is 0 Å². The van der Waals surface area contributed by atoms with Gasteiger partial charge in [0.2, 0.25) is 5.91 Å². The Morgan fingerprint density at radius 1 is 1.21 bits per heavy atom. The number of nitrogens with one attached hydrogen (secondary N) is 1. The highest BCUT2D eigenvalue weighted by Crippen LogP contribution is 2.36. The molecule has 102 valence electrons. The number of halogens is 1. The van der Waals surface area contributed by atoms with Gasteiger partial charge < -0.3 is 14.8 Å². The Bertz CT molecular complexity index is 506. The molecule has 1 N–H and O–H groups in total. The van der Waals surface area contributed by atoms with Crippen molar-refractivity contribution in [3.05, 3.63) is 28.8 Å². The van der Waals surface area contributed by atoms with Crippen molar-refractivity contribution >= 4 is 27.5 Å². The molecule has 0 radical (unpaired) electrons. The van der Waals surface area contributed by atoms with E-state index in [1.807, 2.05) is 12.2 Å². The Labute approximate surface area is 120 Å². The van der Waals surface area contributed by atoms with Crippen LogP contribution in [0.4, 0.5) is 5.69 Å². The van der Waals surface area contributed by atoms with E-state index in [2.05, 4.69) is 21.2 Å². The first kappa shape index (κ1) is 13.9. The van der Waals surface area contributed by atoms with Crippen molar-refractivity contribution in [2.24, 2.45) is 5.92 Å². The fourth-order valence-corrected chi connectivity index (χ4v) is 2.53. The van der Waals surface area contributed by atoms with Gasteiger partial charge in [-0.05, 0) is 34.8 Å². The van der Waals surface area contributed by atoms with Gasteiger partial charge in [-0.3, -0.25) is 4.79 Å². The number of anilines is 1. The molecule has 0 heterocycles. The summed E-state index contributed by atoms with van der Waals surface area (Å²) in [6, 6.07) is 3.53. The van der Waals surface area contributed by atoms with Gasteiger partial charge in [0, 0.05) is 12.0 Å². The molecule has 0 saturated carbocycles. The van der Waals surface area contributed by atoms with Crippen molar-refractivity contribution in [2.75, 3.05) is 19.5 Å². The summed E-state index contributed by atoms with van der Waals surface area (Å²) < 4.78 is 11.2. The molecule has 5 heteroatoms. The maximum absolute atomic E-state index is 12.1. The molecular weight excluding hydrogens is 310 g/mol. The molecule has 2 rings (SSSR count). The zero-order valence-corrected chi connectivity index (χ0v) is 12.5. The third kappa shape index (κ3) is 3.10. The van der Waals surface area contributed by atoms with Crippen molar-refractivity contribution < 1.29 is 14.3 Å². The summed E-state index contributed by atoms with van der Waals surface area (Å²) in [5.74, 6) is 1.28. The van der Waals surface area contributed by atoms with Crippen molar-refractivity contribution in [3.63, 3.8) is 0 Å². The van der Waals surface area contributed by atoms with Crippen LogP contribution in [0.25, 0.3) is 0 Å². The van der Waals surface area contributed by atoms with Crippen LogP contribution in [0.5, 0.6) is 11.5 Å². The van der Waals surface area contributed by atoms with E-state index in [0.29, 0.717) is 17.2 Å². The molecule has 0 unspecified atom stereocenters. The number of rotatable bonds is 4. The lowest BCUT2D eigenvalue weighted by Gasteiger charge is -2.15. The molecule has 0 spiro atoms. The van der Waals surface area contributed by atoms with Crippen molar-refractivity contribution in [1.29, 1.82) is 0 Å². The minimum Gasteiger partial charge on any atom is -0.495 e. The predicted octanol–water partition coefficient (Wildman–Crippen LogP) is 3.37. The van der Waals surface area contributed by atoms with Crippen LogP contribution in [-0.4, -0.2) is 20.1 Å². The normalized spacial score (nSPS) is 14.5. The van der Waals surface area contributed by atoms with Gasteiger partial charge >= 0.3 is 0 Å². The second-order valence-electron chi connectivity index (χ2n) is 4.32. The number of ether oxygens (including phenoxy) is 2. The Hall–Kier alpha value is -1.49. The zero-order chi connectivity index (χ0) is 13.8.